The van der Waals surface area contributed by atoms with E-state index in [2.05, 4.69) is 242 Å². The highest BCUT2D eigenvalue weighted by Crippen LogP contribution is 2.49. The van der Waals surface area contributed by atoms with Crippen molar-refractivity contribution < 1.29 is 0 Å². The van der Waals surface area contributed by atoms with Crippen molar-refractivity contribution >= 4 is 57.5 Å². The Hall–Kier alpha value is -5.74. The lowest BCUT2D eigenvalue weighted by Crippen LogP contribution is -2.62. The third-order valence-electron chi connectivity index (χ3n) is 13.1. The van der Waals surface area contributed by atoms with Gasteiger partial charge in [-0.05, 0) is 129 Å². The van der Waals surface area contributed by atoms with Crippen molar-refractivity contribution in [3.63, 3.8) is 0 Å². The van der Waals surface area contributed by atoms with Crippen LogP contribution < -0.4 is 25.6 Å². The Bertz CT molecular complexity index is 2540. The average Bonchev–Trinajstić information content (AvgIpc) is 3.23. The fourth-order valence-electron chi connectivity index (χ4n) is 9.78. The summed E-state index contributed by atoms with van der Waals surface area (Å²) in [5, 5.41) is 0. The van der Waals surface area contributed by atoms with Crippen LogP contribution in [0.3, 0.4) is 0 Å². The molecule has 302 valence electrons. The molecule has 0 spiro atoms. The zero-order valence-corrected chi connectivity index (χ0v) is 37.3. The minimum absolute atomic E-state index is 0.00520. The molecule has 3 nitrogen and oxygen atoms in total. The molecule has 0 N–H and O–H groups in total. The fourth-order valence-corrected chi connectivity index (χ4v) is 9.78. The number of para-hydroxylation sites is 2. The Morgan fingerprint density at radius 2 is 1.05 bits per heavy atom. The first-order valence-corrected chi connectivity index (χ1v) is 22.0. The van der Waals surface area contributed by atoms with Crippen molar-refractivity contribution in [2.75, 3.05) is 14.7 Å². The molecular weight excluding hydrogens is 725 g/mol. The first-order chi connectivity index (χ1) is 28.6. The van der Waals surface area contributed by atoms with E-state index in [-0.39, 0.29) is 29.0 Å². The quantitative estimate of drug-likeness (QED) is 0.156. The molecule has 2 unspecified atom stereocenters. The van der Waals surface area contributed by atoms with Gasteiger partial charge in [-0.15, -0.1) is 0 Å². The van der Waals surface area contributed by atoms with Gasteiger partial charge in [-0.3, -0.25) is 0 Å². The van der Waals surface area contributed by atoms with Crippen LogP contribution in [0.5, 0.6) is 0 Å². The van der Waals surface area contributed by atoms with E-state index in [0.717, 1.165) is 23.5 Å². The molecule has 0 bridgehead atoms. The van der Waals surface area contributed by atoms with Gasteiger partial charge in [0.25, 0.3) is 0 Å². The highest BCUT2D eigenvalue weighted by molar-refractivity contribution is 6.94. The smallest absolute Gasteiger partial charge is 0.247 e. The molecule has 6 aromatic rings. The van der Waals surface area contributed by atoms with Crippen molar-refractivity contribution in [1.29, 1.82) is 0 Å². The van der Waals surface area contributed by atoms with E-state index >= 15 is 0 Å². The highest BCUT2D eigenvalue weighted by atomic mass is 15.2. The van der Waals surface area contributed by atoms with Crippen LogP contribution >= 0.6 is 0 Å². The molecule has 9 rings (SSSR count). The molecule has 2 atom stereocenters. The Morgan fingerprint density at radius 1 is 0.517 bits per heavy atom. The fraction of sp³-hybridized carbons (Fsp3) is 0.286. The van der Waals surface area contributed by atoms with Crippen LogP contribution in [0.2, 0.25) is 0 Å². The van der Waals surface area contributed by atoms with Crippen LogP contribution in [0.1, 0.15) is 92.3 Å². The predicted octanol–water partition coefficient (Wildman–Crippen LogP) is 13.7. The second-order valence-corrected chi connectivity index (χ2v) is 20.2. The van der Waals surface area contributed by atoms with Crippen LogP contribution in [0.25, 0.3) is 0 Å². The molecule has 2 heterocycles. The van der Waals surface area contributed by atoms with Gasteiger partial charge in [0, 0.05) is 51.4 Å². The monoisotopic (exact) mass is 785 g/mol. The summed E-state index contributed by atoms with van der Waals surface area (Å²) < 4.78 is 0. The SMILES string of the molecule is CCC1C=CC2=C3B(c4cc(C(C)(C)C)ccc4N2c2ccc(C(C)(C)C)cc2)c2ccc(N(c4ccccc4)c4ccccc4)cc2N(c2ccc(C(C)(C)C)cc2)C31. The van der Waals surface area contributed by atoms with E-state index < -0.39 is 0 Å². The summed E-state index contributed by atoms with van der Waals surface area (Å²) in [5.41, 5.74) is 18.1. The van der Waals surface area contributed by atoms with Crippen LogP contribution in [0.15, 0.2) is 169 Å². The molecule has 0 aromatic heterocycles. The number of nitrogens with zero attached hydrogens (tertiary/aromatic N) is 3. The molecule has 4 heteroatoms. The normalized spacial score (nSPS) is 17.3. The largest absolute Gasteiger partial charge is 0.335 e. The maximum absolute atomic E-state index is 2.71. The lowest BCUT2D eigenvalue weighted by molar-refractivity contribution is 0.529. The second-order valence-electron chi connectivity index (χ2n) is 20.2. The van der Waals surface area contributed by atoms with Gasteiger partial charge < -0.3 is 14.7 Å². The first-order valence-electron chi connectivity index (χ1n) is 22.0. The third kappa shape index (κ3) is 6.88. The van der Waals surface area contributed by atoms with E-state index in [9.17, 15) is 0 Å². The maximum Gasteiger partial charge on any atom is 0.247 e. The summed E-state index contributed by atoms with van der Waals surface area (Å²) in [6.45, 7) is 23.3. The second kappa shape index (κ2) is 14.8. The standard InChI is InChI=1S/C56H60BN3/c1-11-38-22-34-50-52-53(38)60(45-30-25-40(26-31-45)55(5,6)7)51-37-46(58(42-18-14-12-15-19-42)43-20-16-13-17-21-43)32-33-47(51)57(52)48-36-41(56(8,9)10)27-35-49(48)59(50)44-28-23-39(24-29-44)54(2,3)4/h12-38,53H,11H2,1-10H3. The number of benzene rings is 6. The van der Waals surface area contributed by atoms with Gasteiger partial charge in [0.05, 0.1) is 6.04 Å². The minimum atomic E-state index is -0.00520. The van der Waals surface area contributed by atoms with Crippen LogP contribution in [0.4, 0.5) is 39.8 Å². The molecule has 1 aliphatic carbocycles. The van der Waals surface area contributed by atoms with Crippen molar-refractivity contribution in [3.05, 3.63) is 186 Å². The molecule has 60 heavy (non-hydrogen) atoms. The highest BCUT2D eigenvalue weighted by Gasteiger charge is 2.50. The lowest BCUT2D eigenvalue weighted by atomic mass is 9.30. The summed E-state index contributed by atoms with van der Waals surface area (Å²) in [5.74, 6) is 0.308. The molecule has 0 fully saturated rings. The van der Waals surface area contributed by atoms with Crippen molar-refractivity contribution in [3.8, 4) is 0 Å². The first kappa shape index (κ1) is 39.7. The molecule has 0 saturated heterocycles. The van der Waals surface area contributed by atoms with E-state index in [0.29, 0.717) is 5.92 Å². The maximum atomic E-state index is 2.71. The molecule has 3 aliphatic rings. The number of fused-ring (bicyclic) bond motifs is 4. The lowest BCUT2D eigenvalue weighted by Gasteiger charge is -2.52. The summed E-state index contributed by atoms with van der Waals surface area (Å²) in [4.78, 5) is 7.69. The topological polar surface area (TPSA) is 9.72 Å². The Labute approximate surface area is 360 Å². The van der Waals surface area contributed by atoms with E-state index in [1.54, 1.807) is 0 Å². The number of rotatable bonds is 6. The van der Waals surface area contributed by atoms with Crippen molar-refractivity contribution in [2.24, 2.45) is 5.92 Å². The average molecular weight is 786 g/mol. The van der Waals surface area contributed by atoms with Crippen molar-refractivity contribution in [1.82, 2.24) is 0 Å². The zero-order valence-electron chi connectivity index (χ0n) is 37.3. The van der Waals surface area contributed by atoms with E-state index in [1.165, 1.54) is 61.5 Å². The van der Waals surface area contributed by atoms with Crippen molar-refractivity contribution in [2.45, 2.75) is 97.9 Å². The van der Waals surface area contributed by atoms with Gasteiger partial charge in [-0.2, -0.15) is 0 Å². The molecule has 0 amide bonds. The molecule has 2 aliphatic heterocycles. The Morgan fingerprint density at radius 3 is 1.58 bits per heavy atom. The van der Waals surface area contributed by atoms with Gasteiger partial charge in [-0.25, -0.2) is 0 Å². The predicted molar refractivity (Wildman–Crippen MR) is 260 cm³/mol. The summed E-state index contributed by atoms with van der Waals surface area (Å²) in [7, 11) is 0. The minimum Gasteiger partial charge on any atom is -0.335 e. The number of allylic oxidation sites excluding steroid dienone is 1. The van der Waals surface area contributed by atoms with Crippen LogP contribution in [-0.2, 0) is 16.2 Å². The van der Waals surface area contributed by atoms with Crippen LogP contribution in [0, 0.1) is 5.92 Å². The molecule has 6 aromatic carbocycles. The third-order valence-corrected chi connectivity index (χ3v) is 13.1. The molecule has 0 saturated carbocycles. The Kier molecular flexibility index (Phi) is 9.77. The zero-order chi connectivity index (χ0) is 42.1. The number of hydrogen-bond donors (Lipinski definition) is 0. The number of hydrogen-bond acceptors (Lipinski definition) is 3. The van der Waals surface area contributed by atoms with E-state index in [4.69, 9.17) is 0 Å². The van der Waals surface area contributed by atoms with Gasteiger partial charge in [0.2, 0.25) is 6.71 Å². The summed E-state index contributed by atoms with van der Waals surface area (Å²) >= 11 is 0. The van der Waals surface area contributed by atoms with Gasteiger partial charge >= 0.3 is 0 Å². The number of anilines is 7. The van der Waals surface area contributed by atoms with Gasteiger partial charge in [-0.1, -0.05) is 154 Å². The van der Waals surface area contributed by atoms with Crippen LogP contribution in [-0.4, -0.2) is 12.8 Å². The summed E-state index contributed by atoms with van der Waals surface area (Å²) in [6, 6.07) is 55.2. The Balaban J connectivity index is 1.35. The summed E-state index contributed by atoms with van der Waals surface area (Å²) in [6.07, 6.45) is 6.00. The van der Waals surface area contributed by atoms with Gasteiger partial charge in [0.1, 0.15) is 0 Å². The van der Waals surface area contributed by atoms with E-state index in [1.807, 2.05) is 0 Å². The molecule has 0 radical (unpaired) electrons. The molecular formula is C56H60BN3. The van der Waals surface area contributed by atoms with Gasteiger partial charge in [0.15, 0.2) is 0 Å².